The second-order valence-corrected chi connectivity index (χ2v) is 7.17. The normalized spacial score (nSPS) is 24.3. The van der Waals surface area contributed by atoms with Gasteiger partial charge in [0.15, 0.2) is 0 Å². The third-order valence-electron chi connectivity index (χ3n) is 3.55. The molecule has 0 radical (unpaired) electrons. The lowest BCUT2D eigenvalue weighted by Gasteiger charge is -2.19. The van der Waals surface area contributed by atoms with E-state index >= 15 is 0 Å². The number of hydrogen-bond acceptors (Lipinski definition) is 2. The van der Waals surface area contributed by atoms with Crippen molar-refractivity contribution in [2.45, 2.75) is 37.1 Å². The Balaban J connectivity index is 2.20. The fraction of sp³-hybridized carbons (Fsp3) is 0.538. The summed E-state index contributed by atoms with van der Waals surface area (Å²) in [6, 6.07) is 7.17. The van der Waals surface area contributed by atoms with Gasteiger partial charge in [0.1, 0.15) is 0 Å². The SMILES string of the molecule is Cc1ccccc1S(=O)(=O)NC1CCCC1CBr. The maximum Gasteiger partial charge on any atom is 0.241 e. The first-order valence-electron chi connectivity index (χ1n) is 6.18. The molecule has 3 nitrogen and oxygen atoms in total. The van der Waals surface area contributed by atoms with E-state index in [1.54, 1.807) is 12.1 Å². The van der Waals surface area contributed by atoms with Crippen LogP contribution in [0.4, 0.5) is 0 Å². The Bertz CT molecular complexity index is 515. The molecule has 1 aliphatic rings. The van der Waals surface area contributed by atoms with Crippen LogP contribution >= 0.6 is 15.9 Å². The van der Waals surface area contributed by atoms with Gasteiger partial charge in [-0.05, 0) is 37.3 Å². The highest BCUT2D eigenvalue weighted by Gasteiger charge is 2.30. The van der Waals surface area contributed by atoms with Crippen LogP contribution in [0.1, 0.15) is 24.8 Å². The van der Waals surface area contributed by atoms with E-state index in [0.29, 0.717) is 10.8 Å². The molecule has 5 heteroatoms. The number of halogens is 1. The molecule has 1 saturated carbocycles. The van der Waals surface area contributed by atoms with Crippen LogP contribution in [0.15, 0.2) is 29.2 Å². The smallest absolute Gasteiger partial charge is 0.208 e. The van der Waals surface area contributed by atoms with E-state index < -0.39 is 10.0 Å². The number of hydrogen-bond donors (Lipinski definition) is 1. The number of benzene rings is 1. The lowest BCUT2D eigenvalue weighted by atomic mass is 10.1. The molecule has 1 N–H and O–H groups in total. The number of aryl methyl sites for hydroxylation is 1. The van der Waals surface area contributed by atoms with Gasteiger partial charge in [-0.25, -0.2) is 13.1 Å². The largest absolute Gasteiger partial charge is 0.241 e. The molecule has 2 rings (SSSR count). The summed E-state index contributed by atoms with van der Waals surface area (Å²) in [5.41, 5.74) is 0.790. The monoisotopic (exact) mass is 331 g/mol. The Kier molecular flexibility index (Phi) is 4.45. The third kappa shape index (κ3) is 2.95. The summed E-state index contributed by atoms with van der Waals surface area (Å²) in [5, 5.41) is 0.855. The van der Waals surface area contributed by atoms with Crippen LogP contribution < -0.4 is 4.72 Å². The quantitative estimate of drug-likeness (QED) is 0.862. The number of nitrogens with one attached hydrogen (secondary N) is 1. The fourth-order valence-corrected chi connectivity index (χ4v) is 4.86. The second kappa shape index (κ2) is 5.72. The van der Waals surface area contributed by atoms with Gasteiger partial charge in [-0.15, -0.1) is 0 Å². The third-order valence-corrected chi connectivity index (χ3v) is 6.03. The maximum atomic E-state index is 12.3. The molecular weight excluding hydrogens is 314 g/mol. The number of sulfonamides is 1. The van der Waals surface area contributed by atoms with Crippen molar-refractivity contribution < 1.29 is 8.42 Å². The molecule has 2 unspecified atom stereocenters. The van der Waals surface area contributed by atoms with Gasteiger partial charge in [-0.3, -0.25) is 0 Å². The van der Waals surface area contributed by atoms with Crippen molar-refractivity contribution in [1.82, 2.24) is 4.72 Å². The summed E-state index contributed by atoms with van der Waals surface area (Å²) >= 11 is 3.46. The Morgan fingerprint density at radius 3 is 2.72 bits per heavy atom. The Morgan fingerprint density at radius 2 is 2.06 bits per heavy atom. The summed E-state index contributed by atoms with van der Waals surface area (Å²) in [7, 11) is -3.39. The van der Waals surface area contributed by atoms with Crippen LogP contribution in [0.3, 0.4) is 0 Å². The van der Waals surface area contributed by atoms with E-state index in [-0.39, 0.29) is 6.04 Å². The van der Waals surface area contributed by atoms with Crippen molar-refractivity contribution in [3.63, 3.8) is 0 Å². The zero-order valence-corrected chi connectivity index (χ0v) is 12.8. The molecule has 0 aliphatic heterocycles. The summed E-state index contributed by atoms with van der Waals surface area (Å²) < 4.78 is 27.5. The maximum absolute atomic E-state index is 12.3. The van der Waals surface area contributed by atoms with Crippen molar-refractivity contribution in [2.75, 3.05) is 5.33 Å². The predicted molar refractivity (Wildman–Crippen MR) is 76.4 cm³/mol. The van der Waals surface area contributed by atoms with Crippen molar-refractivity contribution in [1.29, 1.82) is 0 Å². The van der Waals surface area contributed by atoms with Gasteiger partial charge in [0.2, 0.25) is 10.0 Å². The molecule has 1 aliphatic carbocycles. The first kappa shape index (κ1) is 14.0. The molecule has 0 spiro atoms. The van der Waals surface area contributed by atoms with E-state index in [4.69, 9.17) is 0 Å². The van der Waals surface area contributed by atoms with Gasteiger partial charge < -0.3 is 0 Å². The minimum atomic E-state index is -3.39. The highest BCUT2D eigenvalue weighted by atomic mass is 79.9. The van der Waals surface area contributed by atoms with E-state index in [2.05, 4.69) is 20.7 Å². The van der Waals surface area contributed by atoms with Gasteiger partial charge >= 0.3 is 0 Å². The molecule has 0 amide bonds. The summed E-state index contributed by atoms with van der Waals surface area (Å²) in [6.07, 6.45) is 3.12. The van der Waals surface area contributed by atoms with Crippen molar-refractivity contribution in [3.8, 4) is 0 Å². The summed E-state index contributed by atoms with van der Waals surface area (Å²) in [5.74, 6) is 0.406. The number of rotatable bonds is 4. The number of alkyl halides is 1. The van der Waals surface area contributed by atoms with Crippen molar-refractivity contribution in [2.24, 2.45) is 5.92 Å². The van der Waals surface area contributed by atoms with Crippen LogP contribution in [-0.4, -0.2) is 19.8 Å². The molecule has 0 heterocycles. The van der Waals surface area contributed by atoms with Crippen LogP contribution in [0.25, 0.3) is 0 Å². The topological polar surface area (TPSA) is 46.2 Å². The van der Waals surface area contributed by atoms with Gasteiger partial charge in [0.05, 0.1) is 4.90 Å². The van der Waals surface area contributed by atoms with E-state index in [1.807, 2.05) is 19.1 Å². The predicted octanol–water partition coefficient (Wildman–Crippen LogP) is 2.84. The van der Waals surface area contributed by atoms with Crippen LogP contribution in [0.5, 0.6) is 0 Å². The van der Waals surface area contributed by atoms with Crippen molar-refractivity contribution >= 4 is 26.0 Å². The van der Waals surface area contributed by atoms with Gasteiger partial charge in [0, 0.05) is 11.4 Å². The van der Waals surface area contributed by atoms with E-state index in [1.165, 1.54) is 0 Å². The molecule has 1 aromatic rings. The zero-order chi connectivity index (χ0) is 13.2. The minimum absolute atomic E-state index is 0.0639. The molecule has 0 bridgehead atoms. The van der Waals surface area contributed by atoms with Gasteiger partial charge in [-0.2, -0.15) is 0 Å². The van der Waals surface area contributed by atoms with Crippen molar-refractivity contribution in [3.05, 3.63) is 29.8 Å². The first-order chi connectivity index (χ1) is 8.54. The molecule has 1 aromatic carbocycles. The van der Waals surface area contributed by atoms with E-state index in [9.17, 15) is 8.42 Å². The highest BCUT2D eigenvalue weighted by molar-refractivity contribution is 9.09. The molecule has 1 fully saturated rings. The van der Waals surface area contributed by atoms with Crippen LogP contribution in [0.2, 0.25) is 0 Å². The second-order valence-electron chi connectivity index (χ2n) is 4.84. The lowest BCUT2D eigenvalue weighted by Crippen LogP contribution is -2.38. The Morgan fingerprint density at radius 1 is 1.33 bits per heavy atom. The van der Waals surface area contributed by atoms with Gasteiger partial charge in [-0.1, -0.05) is 40.5 Å². The molecular formula is C13H18BrNO2S. The minimum Gasteiger partial charge on any atom is -0.208 e. The van der Waals surface area contributed by atoms with Crippen LogP contribution in [0, 0.1) is 12.8 Å². The fourth-order valence-electron chi connectivity index (χ4n) is 2.50. The van der Waals surface area contributed by atoms with Crippen LogP contribution in [-0.2, 0) is 10.0 Å². The molecule has 18 heavy (non-hydrogen) atoms. The average molecular weight is 332 g/mol. The summed E-state index contributed by atoms with van der Waals surface area (Å²) in [4.78, 5) is 0.394. The molecule has 100 valence electrons. The standard InChI is InChI=1S/C13H18BrNO2S/c1-10-5-2-3-8-13(10)18(16,17)15-12-7-4-6-11(12)9-14/h2-3,5,8,11-12,15H,4,6-7,9H2,1H3. The van der Waals surface area contributed by atoms with Gasteiger partial charge in [0.25, 0.3) is 0 Å². The molecule has 0 saturated heterocycles. The lowest BCUT2D eigenvalue weighted by molar-refractivity contribution is 0.484. The Hall–Kier alpha value is -0.390. The highest BCUT2D eigenvalue weighted by Crippen LogP contribution is 2.28. The average Bonchev–Trinajstić information content (AvgIpc) is 2.76. The first-order valence-corrected chi connectivity index (χ1v) is 8.79. The molecule has 0 aromatic heterocycles. The molecule has 2 atom stereocenters. The van der Waals surface area contributed by atoms with E-state index in [0.717, 1.165) is 30.2 Å². The zero-order valence-electron chi connectivity index (χ0n) is 10.4. The Labute approximate surface area is 117 Å². The summed E-state index contributed by atoms with van der Waals surface area (Å²) in [6.45, 7) is 1.82.